The highest BCUT2D eigenvalue weighted by Crippen LogP contribution is 2.38. The number of carbonyl (C=O) groups excluding carboxylic acids is 2. The van der Waals surface area contributed by atoms with Gasteiger partial charge in [-0.1, -0.05) is 90.2 Å². The number of para-hydroxylation sites is 1. The molecule has 0 bridgehead atoms. The lowest BCUT2D eigenvalue weighted by atomic mass is 10.1. The number of aromatic nitrogens is 1. The van der Waals surface area contributed by atoms with Gasteiger partial charge in [-0.15, -0.1) is 11.8 Å². The smallest absolute Gasteiger partial charge is 0.244 e. The first-order valence-corrected chi connectivity index (χ1v) is 13.2. The van der Waals surface area contributed by atoms with Gasteiger partial charge in [-0.05, 0) is 41.5 Å². The van der Waals surface area contributed by atoms with Crippen LogP contribution in [0.2, 0.25) is 0 Å². The summed E-state index contributed by atoms with van der Waals surface area (Å²) in [5, 5.41) is 6.05. The third-order valence-corrected chi connectivity index (χ3v) is 7.64. The molecular formula is C29H23N3O2S2. The molecule has 4 aromatic carbocycles. The van der Waals surface area contributed by atoms with Gasteiger partial charge in [0.2, 0.25) is 11.8 Å². The van der Waals surface area contributed by atoms with Crippen LogP contribution in [0.4, 0.5) is 10.8 Å². The van der Waals surface area contributed by atoms with Crippen LogP contribution < -0.4 is 10.6 Å². The van der Waals surface area contributed by atoms with Crippen molar-refractivity contribution in [2.45, 2.75) is 16.6 Å². The molecule has 5 aromatic rings. The van der Waals surface area contributed by atoms with Crippen LogP contribution in [0.5, 0.6) is 0 Å². The third kappa shape index (κ3) is 6.00. The van der Waals surface area contributed by atoms with Gasteiger partial charge < -0.3 is 10.6 Å². The molecule has 0 radical (unpaired) electrons. The number of hydrogen-bond donors (Lipinski definition) is 2. The van der Waals surface area contributed by atoms with Crippen LogP contribution in [0.1, 0.15) is 16.4 Å². The van der Waals surface area contributed by atoms with Crippen LogP contribution in [0.15, 0.2) is 114 Å². The summed E-state index contributed by atoms with van der Waals surface area (Å²) in [5.74, 6) is -0.236. The van der Waals surface area contributed by atoms with Crippen molar-refractivity contribution in [2.75, 3.05) is 10.6 Å². The topological polar surface area (TPSA) is 71.1 Å². The summed E-state index contributed by atoms with van der Waals surface area (Å²) in [6.07, 6.45) is 0.301. The Morgan fingerprint density at radius 1 is 0.806 bits per heavy atom. The van der Waals surface area contributed by atoms with E-state index in [0.29, 0.717) is 17.2 Å². The van der Waals surface area contributed by atoms with Gasteiger partial charge in [0.1, 0.15) is 5.25 Å². The minimum atomic E-state index is -0.492. The maximum Gasteiger partial charge on any atom is 0.244 e. The van der Waals surface area contributed by atoms with Crippen molar-refractivity contribution in [1.82, 2.24) is 4.98 Å². The highest BCUT2D eigenvalue weighted by molar-refractivity contribution is 8.00. The van der Waals surface area contributed by atoms with E-state index in [4.69, 9.17) is 0 Å². The molecule has 1 heterocycles. The number of thiazole rings is 1. The first-order chi connectivity index (χ1) is 17.6. The lowest BCUT2D eigenvalue weighted by Gasteiger charge is -2.17. The van der Waals surface area contributed by atoms with Crippen molar-refractivity contribution >= 4 is 55.9 Å². The van der Waals surface area contributed by atoms with Gasteiger partial charge in [-0.25, -0.2) is 4.98 Å². The zero-order valence-corrected chi connectivity index (χ0v) is 20.9. The van der Waals surface area contributed by atoms with E-state index in [9.17, 15) is 9.59 Å². The average molecular weight is 510 g/mol. The maximum absolute atomic E-state index is 13.4. The Morgan fingerprint density at radius 2 is 1.53 bits per heavy atom. The second-order valence-corrected chi connectivity index (χ2v) is 10.3. The average Bonchev–Trinajstić information content (AvgIpc) is 3.31. The van der Waals surface area contributed by atoms with Gasteiger partial charge in [0, 0.05) is 10.6 Å². The Balaban J connectivity index is 1.33. The van der Waals surface area contributed by atoms with Crippen molar-refractivity contribution in [3.05, 3.63) is 120 Å². The summed E-state index contributed by atoms with van der Waals surface area (Å²) in [4.78, 5) is 31.4. The van der Waals surface area contributed by atoms with Crippen molar-refractivity contribution in [3.63, 3.8) is 0 Å². The molecule has 1 aromatic heterocycles. The molecule has 0 fully saturated rings. The Labute approximate surface area is 217 Å². The Hall–Kier alpha value is -3.94. The summed E-state index contributed by atoms with van der Waals surface area (Å²) < 4.78 is 1.02. The fraction of sp³-hybridized carbons (Fsp3) is 0.0690. The normalized spacial score (nSPS) is 11.7. The van der Waals surface area contributed by atoms with E-state index in [1.807, 2.05) is 109 Å². The predicted octanol–water partition coefficient (Wildman–Crippen LogP) is 6.95. The number of fused-ring (bicyclic) bond motifs is 1. The first kappa shape index (κ1) is 23.8. The van der Waals surface area contributed by atoms with Crippen LogP contribution in [-0.2, 0) is 16.0 Å². The fourth-order valence-electron chi connectivity index (χ4n) is 3.77. The molecule has 5 nitrogen and oxygen atoms in total. The van der Waals surface area contributed by atoms with Gasteiger partial charge in [0.15, 0.2) is 5.13 Å². The highest BCUT2D eigenvalue weighted by atomic mass is 32.2. The van der Waals surface area contributed by atoms with Crippen LogP contribution in [0.3, 0.4) is 0 Å². The summed E-state index contributed by atoms with van der Waals surface area (Å²) in [6.45, 7) is 0. The van der Waals surface area contributed by atoms with E-state index in [-0.39, 0.29) is 11.8 Å². The Kier molecular flexibility index (Phi) is 7.40. The highest BCUT2D eigenvalue weighted by Gasteiger charge is 2.23. The molecule has 7 heteroatoms. The second-order valence-electron chi connectivity index (χ2n) is 8.12. The zero-order chi connectivity index (χ0) is 24.7. The van der Waals surface area contributed by atoms with Crippen molar-refractivity contribution in [2.24, 2.45) is 0 Å². The number of anilines is 2. The Bertz CT molecular complexity index is 1450. The number of benzene rings is 4. The lowest BCUT2D eigenvalue weighted by Crippen LogP contribution is -2.19. The largest absolute Gasteiger partial charge is 0.326 e. The summed E-state index contributed by atoms with van der Waals surface area (Å²) in [7, 11) is 0. The first-order valence-electron chi connectivity index (χ1n) is 11.5. The molecule has 1 atom stereocenters. The molecule has 0 spiro atoms. The minimum Gasteiger partial charge on any atom is -0.326 e. The number of nitrogens with one attached hydrogen (secondary N) is 2. The molecule has 5 rings (SSSR count). The van der Waals surface area contributed by atoms with Gasteiger partial charge >= 0.3 is 0 Å². The SMILES string of the molecule is O=C(Cc1ccccc1)Nc1cccc(SC(C(=O)Nc2nc3ccccc3s2)c2ccccc2)c1. The van der Waals surface area contributed by atoms with E-state index in [2.05, 4.69) is 15.6 Å². The van der Waals surface area contributed by atoms with E-state index < -0.39 is 5.25 Å². The van der Waals surface area contributed by atoms with E-state index in [1.165, 1.54) is 23.1 Å². The molecule has 1 unspecified atom stereocenters. The van der Waals surface area contributed by atoms with Crippen molar-refractivity contribution in [1.29, 1.82) is 0 Å². The monoisotopic (exact) mass is 509 g/mol. The van der Waals surface area contributed by atoms with Crippen LogP contribution in [0, 0.1) is 0 Å². The Morgan fingerprint density at radius 3 is 2.31 bits per heavy atom. The lowest BCUT2D eigenvalue weighted by molar-refractivity contribution is -0.116. The summed E-state index contributed by atoms with van der Waals surface area (Å²) in [6, 6.07) is 34.7. The summed E-state index contributed by atoms with van der Waals surface area (Å²) >= 11 is 2.89. The standard InChI is InChI=1S/C29H23N3O2S2/c33-26(18-20-10-3-1-4-11-20)30-22-14-9-15-23(19-22)35-27(21-12-5-2-6-13-21)28(34)32-29-31-24-16-7-8-17-25(24)36-29/h1-17,19,27H,18H2,(H,30,33)(H,31,32,34). The molecule has 178 valence electrons. The van der Waals surface area contributed by atoms with E-state index >= 15 is 0 Å². The summed E-state index contributed by atoms with van der Waals surface area (Å²) in [5.41, 5.74) is 3.40. The van der Waals surface area contributed by atoms with Crippen molar-refractivity contribution < 1.29 is 9.59 Å². The van der Waals surface area contributed by atoms with Crippen LogP contribution >= 0.6 is 23.1 Å². The second kappa shape index (κ2) is 11.2. The number of amides is 2. The maximum atomic E-state index is 13.4. The molecule has 36 heavy (non-hydrogen) atoms. The number of thioether (sulfide) groups is 1. The number of rotatable bonds is 8. The van der Waals surface area contributed by atoms with Crippen LogP contribution in [0.25, 0.3) is 10.2 Å². The molecular weight excluding hydrogens is 486 g/mol. The zero-order valence-electron chi connectivity index (χ0n) is 19.3. The number of carbonyl (C=O) groups is 2. The van der Waals surface area contributed by atoms with E-state index in [1.54, 1.807) is 0 Å². The molecule has 0 aliphatic rings. The quantitative estimate of drug-likeness (QED) is 0.222. The third-order valence-electron chi connectivity index (χ3n) is 5.44. The predicted molar refractivity (Wildman–Crippen MR) is 149 cm³/mol. The van der Waals surface area contributed by atoms with Gasteiger partial charge in [0.25, 0.3) is 0 Å². The fourth-order valence-corrected chi connectivity index (χ4v) is 5.72. The number of nitrogens with zero attached hydrogens (tertiary/aromatic N) is 1. The number of hydrogen-bond acceptors (Lipinski definition) is 5. The molecule has 0 aliphatic carbocycles. The molecule has 2 N–H and O–H groups in total. The van der Waals surface area contributed by atoms with Gasteiger partial charge in [-0.2, -0.15) is 0 Å². The molecule has 0 saturated heterocycles. The van der Waals surface area contributed by atoms with Crippen LogP contribution in [-0.4, -0.2) is 16.8 Å². The van der Waals surface area contributed by atoms with Gasteiger partial charge in [0.05, 0.1) is 16.6 Å². The van der Waals surface area contributed by atoms with Crippen molar-refractivity contribution in [3.8, 4) is 0 Å². The van der Waals surface area contributed by atoms with Gasteiger partial charge in [-0.3, -0.25) is 9.59 Å². The molecule has 0 aliphatic heterocycles. The molecule has 0 saturated carbocycles. The van der Waals surface area contributed by atoms with E-state index in [0.717, 1.165) is 26.2 Å². The minimum absolute atomic E-state index is 0.0865. The molecule has 2 amide bonds.